The van der Waals surface area contributed by atoms with Gasteiger partial charge in [0.2, 0.25) is 0 Å². The number of rotatable bonds is 10. The molecule has 0 bridgehead atoms. The third-order valence-corrected chi connectivity index (χ3v) is 6.23. The van der Waals surface area contributed by atoms with E-state index in [4.69, 9.17) is 9.47 Å². The first-order valence-electron chi connectivity index (χ1n) is 12.5. The molecule has 0 amide bonds. The van der Waals surface area contributed by atoms with E-state index in [9.17, 15) is 19.2 Å². The van der Waals surface area contributed by atoms with E-state index in [0.29, 0.717) is 51.7 Å². The third-order valence-electron chi connectivity index (χ3n) is 6.23. The Morgan fingerprint density at radius 1 is 0.436 bits per heavy atom. The van der Waals surface area contributed by atoms with E-state index >= 15 is 0 Å². The molecule has 0 saturated carbocycles. The maximum Gasteiger partial charge on any atom is 0.160 e. The van der Waals surface area contributed by atoms with Crippen LogP contribution in [0.15, 0.2) is 84.9 Å². The fraction of sp³-hybridized carbons (Fsp3) is 0.152. The van der Waals surface area contributed by atoms with Crippen molar-refractivity contribution in [3.63, 3.8) is 0 Å². The molecule has 0 fully saturated rings. The van der Waals surface area contributed by atoms with Gasteiger partial charge >= 0.3 is 0 Å². The van der Waals surface area contributed by atoms with Gasteiger partial charge in [-0.3, -0.25) is 19.2 Å². The zero-order valence-electron chi connectivity index (χ0n) is 22.2. The van der Waals surface area contributed by atoms with Crippen molar-refractivity contribution in [2.24, 2.45) is 0 Å². The molecule has 0 heterocycles. The minimum Gasteiger partial charge on any atom is -0.457 e. The Bertz CT molecular complexity index is 1440. The summed E-state index contributed by atoms with van der Waals surface area (Å²) in [7, 11) is 0. The highest BCUT2D eigenvalue weighted by molar-refractivity contribution is 6.08. The van der Waals surface area contributed by atoms with Crippen LogP contribution < -0.4 is 9.47 Å². The van der Waals surface area contributed by atoms with E-state index in [1.54, 1.807) is 36.4 Å². The molecule has 0 aliphatic heterocycles. The van der Waals surface area contributed by atoms with Crippen molar-refractivity contribution >= 4 is 23.1 Å². The molecule has 0 atom stereocenters. The highest BCUT2D eigenvalue weighted by Gasteiger charge is 2.14. The van der Waals surface area contributed by atoms with Crippen LogP contribution in [0.1, 0.15) is 80.3 Å². The van der Waals surface area contributed by atoms with Crippen LogP contribution in [-0.2, 0) is 6.42 Å². The molecule has 0 N–H and O–H groups in total. The lowest BCUT2D eigenvalue weighted by Crippen LogP contribution is -2.04. The Kier molecular flexibility index (Phi) is 8.15. The summed E-state index contributed by atoms with van der Waals surface area (Å²) in [5, 5.41) is 0. The van der Waals surface area contributed by atoms with Crippen molar-refractivity contribution in [1.82, 2.24) is 0 Å². The first-order valence-corrected chi connectivity index (χ1v) is 12.5. The number of ketones is 4. The molecule has 4 aromatic carbocycles. The van der Waals surface area contributed by atoms with Crippen molar-refractivity contribution in [3.8, 4) is 23.0 Å². The summed E-state index contributed by atoms with van der Waals surface area (Å²) in [4.78, 5) is 47.4. The normalized spacial score (nSPS) is 10.6. The van der Waals surface area contributed by atoms with Gasteiger partial charge in [-0.1, -0.05) is 24.3 Å². The van der Waals surface area contributed by atoms with E-state index in [2.05, 4.69) is 0 Å². The Labute approximate surface area is 227 Å². The monoisotopic (exact) mass is 520 g/mol. The van der Waals surface area contributed by atoms with Crippen LogP contribution in [-0.4, -0.2) is 23.1 Å². The number of carbonyl (C=O) groups is 4. The molecule has 6 heteroatoms. The van der Waals surface area contributed by atoms with Crippen molar-refractivity contribution < 1.29 is 28.7 Å². The predicted octanol–water partition coefficient (Wildman–Crippen LogP) is 7.67. The number of benzene rings is 4. The Hall–Kier alpha value is -4.84. The van der Waals surface area contributed by atoms with Crippen LogP contribution in [0.2, 0.25) is 0 Å². The lowest BCUT2D eigenvalue weighted by molar-refractivity contribution is 0.0980. The maximum atomic E-state index is 11.9. The molecule has 0 aliphatic rings. The molecule has 0 saturated heterocycles. The Morgan fingerprint density at radius 3 is 1.05 bits per heavy atom. The second-order valence-electron chi connectivity index (χ2n) is 9.31. The first-order chi connectivity index (χ1) is 18.6. The quantitative estimate of drug-likeness (QED) is 0.199. The van der Waals surface area contributed by atoms with Gasteiger partial charge in [0.25, 0.3) is 0 Å². The van der Waals surface area contributed by atoms with Gasteiger partial charge in [0, 0.05) is 22.3 Å². The second kappa shape index (κ2) is 11.7. The van der Waals surface area contributed by atoms with E-state index in [0.717, 1.165) is 11.1 Å². The van der Waals surface area contributed by atoms with Gasteiger partial charge in [-0.05, 0) is 106 Å². The van der Waals surface area contributed by atoms with Crippen LogP contribution in [0.3, 0.4) is 0 Å². The number of hydrogen-bond acceptors (Lipinski definition) is 6. The minimum atomic E-state index is -0.191. The smallest absolute Gasteiger partial charge is 0.160 e. The van der Waals surface area contributed by atoms with Crippen molar-refractivity contribution in [2.75, 3.05) is 0 Å². The fourth-order valence-corrected chi connectivity index (χ4v) is 4.23. The summed E-state index contributed by atoms with van der Waals surface area (Å²) in [6, 6.07) is 25.1. The predicted molar refractivity (Wildman–Crippen MR) is 149 cm³/mol. The Morgan fingerprint density at radius 2 is 0.744 bits per heavy atom. The van der Waals surface area contributed by atoms with Gasteiger partial charge < -0.3 is 9.47 Å². The summed E-state index contributed by atoms with van der Waals surface area (Å²) in [5.41, 5.74) is 3.62. The van der Waals surface area contributed by atoms with E-state index in [1.165, 1.54) is 27.7 Å². The summed E-state index contributed by atoms with van der Waals surface area (Å²) < 4.78 is 11.8. The van der Waals surface area contributed by atoms with Gasteiger partial charge in [-0.25, -0.2) is 0 Å². The van der Waals surface area contributed by atoms with Crippen molar-refractivity contribution in [2.45, 2.75) is 34.1 Å². The molecule has 196 valence electrons. The van der Waals surface area contributed by atoms with Gasteiger partial charge in [-0.2, -0.15) is 0 Å². The summed E-state index contributed by atoms with van der Waals surface area (Å²) in [5.74, 6) is 1.50. The highest BCUT2D eigenvalue weighted by atomic mass is 16.5. The molecule has 0 aromatic heterocycles. The molecule has 0 unspecified atom stereocenters. The SMILES string of the molecule is CC(=O)c1ccc(Oc2ccc(Cc3ccc(Oc4ccc(C(C)=O)c(C(C)=O)c4)cc3)cc2)cc1C(C)=O. The summed E-state index contributed by atoms with van der Waals surface area (Å²) in [6.45, 7) is 5.72. The number of ether oxygens (including phenoxy) is 2. The molecule has 4 aromatic rings. The summed E-state index contributed by atoms with van der Waals surface area (Å²) in [6.07, 6.45) is 0.699. The van der Waals surface area contributed by atoms with E-state index in [-0.39, 0.29) is 23.1 Å². The molecular formula is C33H28O6. The molecule has 6 nitrogen and oxygen atoms in total. The number of Topliss-reactive ketones (excluding diaryl/α,β-unsaturated/α-hetero) is 4. The Balaban J connectivity index is 1.40. The molecule has 39 heavy (non-hydrogen) atoms. The van der Waals surface area contributed by atoms with Gasteiger partial charge in [0.15, 0.2) is 23.1 Å². The van der Waals surface area contributed by atoms with Crippen LogP contribution in [0.4, 0.5) is 0 Å². The fourth-order valence-electron chi connectivity index (χ4n) is 4.23. The molecular weight excluding hydrogens is 492 g/mol. The molecule has 0 radical (unpaired) electrons. The number of carbonyl (C=O) groups excluding carboxylic acids is 4. The zero-order chi connectivity index (χ0) is 28.1. The maximum absolute atomic E-state index is 11.9. The molecule has 4 rings (SSSR count). The standard InChI is InChI=1S/C33H28O6/c1-20(34)30-15-13-28(18-32(30)22(3)36)38-26-9-5-24(6-10-26)17-25-7-11-27(12-8-25)39-29-14-16-31(21(2)35)33(19-29)23(4)37/h5-16,18-19H,17H2,1-4H3. The van der Waals surface area contributed by atoms with Gasteiger partial charge in [0.05, 0.1) is 0 Å². The van der Waals surface area contributed by atoms with E-state index < -0.39 is 0 Å². The second-order valence-corrected chi connectivity index (χ2v) is 9.31. The molecule has 0 aliphatic carbocycles. The first kappa shape index (κ1) is 27.2. The van der Waals surface area contributed by atoms with Gasteiger partial charge in [-0.15, -0.1) is 0 Å². The van der Waals surface area contributed by atoms with E-state index in [1.807, 2.05) is 48.5 Å². The largest absolute Gasteiger partial charge is 0.457 e. The minimum absolute atomic E-state index is 0.166. The third kappa shape index (κ3) is 6.73. The van der Waals surface area contributed by atoms with Gasteiger partial charge in [0.1, 0.15) is 23.0 Å². The van der Waals surface area contributed by atoms with Crippen LogP contribution >= 0.6 is 0 Å². The average molecular weight is 521 g/mol. The average Bonchev–Trinajstić information content (AvgIpc) is 2.90. The van der Waals surface area contributed by atoms with Crippen molar-refractivity contribution in [3.05, 3.63) is 118 Å². The highest BCUT2D eigenvalue weighted by Crippen LogP contribution is 2.28. The van der Waals surface area contributed by atoms with Crippen LogP contribution in [0.5, 0.6) is 23.0 Å². The van der Waals surface area contributed by atoms with Crippen molar-refractivity contribution in [1.29, 1.82) is 0 Å². The van der Waals surface area contributed by atoms with Crippen LogP contribution in [0.25, 0.3) is 0 Å². The van der Waals surface area contributed by atoms with Crippen LogP contribution in [0, 0.1) is 0 Å². The lowest BCUT2D eigenvalue weighted by atomic mass is 10.0. The summed E-state index contributed by atoms with van der Waals surface area (Å²) >= 11 is 0. The molecule has 0 spiro atoms. The topological polar surface area (TPSA) is 86.7 Å². The lowest BCUT2D eigenvalue weighted by Gasteiger charge is -2.11. The zero-order valence-corrected chi connectivity index (χ0v) is 22.2. The number of hydrogen-bond donors (Lipinski definition) is 0.